The Balaban J connectivity index is 0.883. The molecule has 3 heterocycles. The van der Waals surface area contributed by atoms with Crippen LogP contribution in [0.3, 0.4) is 0 Å². The largest absolute Gasteiger partial charge is 0.309 e. The summed E-state index contributed by atoms with van der Waals surface area (Å²) in [6, 6.07) is 125. The van der Waals surface area contributed by atoms with Gasteiger partial charge in [-0.25, -0.2) is 0 Å². The number of rotatable bonds is 9. The third-order valence-electron chi connectivity index (χ3n) is 18.9. The van der Waals surface area contributed by atoms with Crippen molar-refractivity contribution in [2.24, 2.45) is 0 Å². The summed E-state index contributed by atoms with van der Waals surface area (Å²) in [5.74, 6) is 0. The van der Waals surface area contributed by atoms with Gasteiger partial charge >= 0.3 is 0 Å². The molecular weight excluding hydrogens is 1080 g/mol. The van der Waals surface area contributed by atoms with Gasteiger partial charge in [-0.05, 0) is 143 Å². The van der Waals surface area contributed by atoms with Crippen molar-refractivity contribution in [1.82, 2.24) is 13.7 Å². The zero-order valence-electron chi connectivity index (χ0n) is 48.1. The highest BCUT2D eigenvalue weighted by Gasteiger charge is 2.42. The van der Waals surface area contributed by atoms with E-state index in [0.717, 1.165) is 22.6 Å². The lowest BCUT2D eigenvalue weighted by atomic mass is 9.92. The molecule has 410 valence electrons. The molecule has 15 aromatic carbocycles. The third kappa shape index (κ3) is 7.49. The van der Waals surface area contributed by atoms with Crippen LogP contribution in [-0.4, -0.2) is 21.8 Å². The van der Waals surface area contributed by atoms with Gasteiger partial charge in [-0.3, -0.25) is 0 Å². The third-order valence-corrected chi connectivity index (χ3v) is 23.7. The monoisotopic (exact) mass is 1130 g/mol. The fourth-order valence-electron chi connectivity index (χ4n) is 15.2. The van der Waals surface area contributed by atoms with E-state index in [-0.39, 0.29) is 0 Å². The van der Waals surface area contributed by atoms with Crippen LogP contribution in [0.15, 0.2) is 334 Å². The standard InChI is InChI=1S/C84H55N3Si/c1-4-22-56(23-5-1)58-26-20-30-65(52-58)88(63-28-8-3-9-29-63,66-31-21-27-59(53-66)57-24-6-2-7-25-57)64-46-42-60(43-47-64)85-81-50-45-62(55-76(81)84-82(85)51-48-74-69-34-11-10-32-67(69)68-33-12-13-38-73(68)83(74)84)87-79-41-19-16-37-72(79)75-54-61(44-49-80(75)87)86-77-39-17-14-35-70(77)71-36-15-18-40-78(71)86/h1-55H. The fraction of sp³-hybridized carbons (Fsp3) is 0. The van der Waals surface area contributed by atoms with E-state index in [1.807, 2.05) is 0 Å². The number of hydrogen-bond donors (Lipinski definition) is 0. The number of nitrogens with zero attached hydrogens (tertiary/aromatic N) is 3. The highest BCUT2D eigenvalue weighted by molar-refractivity contribution is 7.20. The Kier molecular flexibility index (Phi) is 11.3. The number of para-hydroxylation sites is 3. The Hall–Kier alpha value is -11.3. The molecule has 0 saturated heterocycles. The first kappa shape index (κ1) is 50.1. The van der Waals surface area contributed by atoms with Crippen molar-refractivity contribution in [3.63, 3.8) is 0 Å². The molecule has 3 nitrogen and oxygen atoms in total. The quantitative estimate of drug-likeness (QED) is 0.0777. The van der Waals surface area contributed by atoms with Gasteiger partial charge in [0.15, 0.2) is 8.07 Å². The van der Waals surface area contributed by atoms with E-state index in [1.54, 1.807) is 0 Å². The van der Waals surface area contributed by atoms with Gasteiger partial charge in [-0.2, -0.15) is 0 Å². The second-order valence-electron chi connectivity index (χ2n) is 23.5. The van der Waals surface area contributed by atoms with Gasteiger partial charge in [0.1, 0.15) is 0 Å². The van der Waals surface area contributed by atoms with E-state index in [2.05, 4.69) is 347 Å². The summed E-state index contributed by atoms with van der Waals surface area (Å²) in [5.41, 5.74) is 15.3. The number of benzene rings is 15. The number of hydrogen-bond acceptors (Lipinski definition) is 0. The normalized spacial score (nSPS) is 12.1. The molecule has 0 radical (unpaired) electrons. The van der Waals surface area contributed by atoms with Crippen LogP contribution in [0.1, 0.15) is 0 Å². The van der Waals surface area contributed by atoms with Gasteiger partial charge in [0.25, 0.3) is 0 Å². The lowest BCUT2D eigenvalue weighted by molar-refractivity contribution is 1.16. The lowest BCUT2D eigenvalue weighted by Gasteiger charge is -2.35. The minimum atomic E-state index is -3.08. The lowest BCUT2D eigenvalue weighted by Crippen LogP contribution is -2.74. The van der Waals surface area contributed by atoms with E-state index < -0.39 is 8.07 Å². The first-order valence-electron chi connectivity index (χ1n) is 30.5. The van der Waals surface area contributed by atoms with Crippen molar-refractivity contribution in [3.05, 3.63) is 334 Å². The number of fused-ring (bicyclic) bond motifs is 16. The predicted octanol–water partition coefficient (Wildman–Crippen LogP) is 19.1. The summed E-state index contributed by atoms with van der Waals surface area (Å²) in [5, 5.41) is 20.3. The van der Waals surface area contributed by atoms with Crippen LogP contribution < -0.4 is 20.7 Å². The smallest absolute Gasteiger partial charge is 0.179 e. The van der Waals surface area contributed by atoms with Crippen LogP contribution in [0, 0.1) is 0 Å². The van der Waals surface area contributed by atoms with Crippen LogP contribution in [0.5, 0.6) is 0 Å². The van der Waals surface area contributed by atoms with Crippen LogP contribution >= 0.6 is 0 Å². The molecule has 0 unspecified atom stereocenters. The fourth-order valence-corrected chi connectivity index (χ4v) is 20.0. The molecule has 0 N–H and O–H groups in total. The molecule has 0 atom stereocenters. The molecule has 3 aromatic heterocycles. The molecule has 0 bridgehead atoms. The maximum Gasteiger partial charge on any atom is 0.179 e. The topological polar surface area (TPSA) is 14.8 Å². The van der Waals surface area contributed by atoms with Crippen molar-refractivity contribution in [3.8, 4) is 39.3 Å². The van der Waals surface area contributed by atoms with E-state index >= 15 is 0 Å². The molecule has 4 heteroatoms. The van der Waals surface area contributed by atoms with Crippen LogP contribution in [-0.2, 0) is 0 Å². The minimum Gasteiger partial charge on any atom is -0.309 e. The first-order valence-corrected chi connectivity index (χ1v) is 32.5. The average molecular weight is 1130 g/mol. The second-order valence-corrected chi connectivity index (χ2v) is 27.3. The van der Waals surface area contributed by atoms with Gasteiger partial charge in [0.2, 0.25) is 0 Å². The van der Waals surface area contributed by atoms with E-state index in [9.17, 15) is 0 Å². The molecule has 0 aliphatic rings. The molecule has 18 aromatic rings. The highest BCUT2D eigenvalue weighted by Crippen LogP contribution is 2.45. The highest BCUT2D eigenvalue weighted by atomic mass is 28.3. The van der Waals surface area contributed by atoms with E-state index in [1.165, 1.54) is 135 Å². The Labute approximate surface area is 510 Å². The Morgan fingerprint density at radius 1 is 0.170 bits per heavy atom. The average Bonchev–Trinajstić information content (AvgIpc) is 1.76. The Bertz CT molecular complexity index is 5620. The predicted molar refractivity (Wildman–Crippen MR) is 376 cm³/mol. The molecule has 0 spiro atoms. The van der Waals surface area contributed by atoms with Crippen molar-refractivity contribution in [2.45, 2.75) is 0 Å². The minimum absolute atomic E-state index is 1.11. The molecule has 0 aliphatic carbocycles. The summed E-state index contributed by atoms with van der Waals surface area (Å²) in [7, 11) is -3.08. The molecule has 18 rings (SSSR count). The maximum atomic E-state index is 2.53. The van der Waals surface area contributed by atoms with Crippen molar-refractivity contribution >= 4 is 127 Å². The molecular formula is C84H55N3Si. The second kappa shape index (κ2) is 19.9. The van der Waals surface area contributed by atoms with Crippen LogP contribution in [0.2, 0.25) is 0 Å². The van der Waals surface area contributed by atoms with Crippen LogP contribution in [0.25, 0.3) is 137 Å². The van der Waals surface area contributed by atoms with Crippen LogP contribution in [0.4, 0.5) is 0 Å². The van der Waals surface area contributed by atoms with Gasteiger partial charge in [0.05, 0.1) is 33.1 Å². The summed E-state index contributed by atoms with van der Waals surface area (Å²) in [4.78, 5) is 0. The van der Waals surface area contributed by atoms with Gasteiger partial charge in [-0.15, -0.1) is 0 Å². The summed E-state index contributed by atoms with van der Waals surface area (Å²) >= 11 is 0. The Morgan fingerprint density at radius 2 is 0.511 bits per heavy atom. The van der Waals surface area contributed by atoms with Crippen molar-refractivity contribution < 1.29 is 0 Å². The van der Waals surface area contributed by atoms with Crippen molar-refractivity contribution in [1.29, 1.82) is 0 Å². The van der Waals surface area contributed by atoms with Gasteiger partial charge in [0, 0.05) is 54.8 Å². The van der Waals surface area contributed by atoms with Crippen molar-refractivity contribution in [2.75, 3.05) is 0 Å². The van der Waals surface area contributed by atoms with Gasteiger partial charge in [-0.1, -0.05) is 261 Å². The van der Waals surface area contributed by atoms with E-state index in [4.69, 9.17) is 0 Å². The van der Waals surface area contributed by atoms with Gasteiger partial charge < -0.3 is 13.7 Å². The number of aromatic nitrogens is 3. The maximum absolute atomic E-state index is 3.08. The molecule has 0 saturated carbocycles. The summed E-state index contributed by atoms with van der Waals surface area (Å²) in [6.45, 7) is 0. The van der Waals surface area contributed by atoms with E-state index in [0.29, 0.717) is 0 Å². The summed E-state index contributed by atoms with van der Waals surface area (Å²) in [6.07, 6.45) is 0. The summed E-state index contributed by atoms with van der Waals surface area (Å²) < 4.78 is 7.45. The molecule has 88 heavy (non-hydrogen) atoms. The molecule has 0 amide bonds. The first-order chi connectivity index (χ1) is 43.7. The molecule has 0 fully saturated rings. The Morgan fingerprint density at radius 3 is 1.05 bits per heavy atom. The SMILES string of the molecule is c1ccc(-c2cccc([Si](c3ccccc3)(c3ccc(-n4c5ccc(-n6c7ccccc7c7cc(-n8c9ccccc9c9ccccc98)ccc76)cc5c5c6c7ccccc7c7ccccc7c6ccc54)cc3)c3cccc(-c4ccccc4)c3)c2)cc1. The zero-order chi connectivity index (χ0) is 57.9. The zero-order valence-corrected chi connectivity index (χ0v) is 49.1. The molecule has 0 aliphatic heterocycles.